The first-order chi connectivity index (χ1) is 12.2. The molecule has 0 unspecified atom stereocenters. The normalized spacial score (nSPS) is 10.8. The van der Waals surface area contributed by atoms with Crippen molar-refractivity contribution in [1.29, 1.82) is 0 Å². The molecule has 0 heterocycles. The highest BCUT2D eigenvalue weighted by Gasteiger charge is 2.04. The van der Waals surface area contributed by atoms with E-state index >= 15 is 0 Å². The Morgan fingerprint density at radius 3 is 2.48 bits per heavy atom. The van der Waals surface area contributed by atoms with Crippen molar-refractivity contribution >= 4 is 12.1 Å². The van der Waals surface area contributed by atoms with Crippen LogP contribution in [0, 0.1) is 0 Å². The lowest BCUT2D eigenvalue weighted by atomic mass is 10.1. The van der Waals surface area contributed by atoms with Gasteiger partial charge in [-0.15, -0.1) is 0 Å². The first-order valence-electron chi connectivity index (χ1n) is 9.34. The summed E-state index contributed by atoms with van der Waals surface area (Å²) in [5.74, 6) is 1.31. The number of unbranched alkanes of at least 4 members (excludes halogenated alkanes) is 6. The zero-order chi connectivity index (χ0) is 18.3. The highest BCUT2D eigenvalue weighted by molar-refractivity contribution is 5.83. The average molecular weight is 348 g/mol. The second-order valence-electron chi connectivity index (χ2n) is 6.01. The maximum Gasteiger partial charge on any atom is 0.240 e. The smallest absolute Gasteiger partial charge is 0.240 e. The summed E-state index contributed by atoms with van der Waals surface area (Å²) in [5.41, 5.74) is 3.42. The van der Waals surface area contributed by atoms with Gasteiger partial charge < -0.3 is 9.47 Å². The van der Waals surface area contributed by atoms with Crippen molar-refractivity contribution in [2.24, 2.45) is 5.10 Å². The van der Waals surface area contributed by atoms with E-state index in [1.54, 1.807) is 13.3 Å². The predicted octanol–water partition coefficient (Wildman–Crippen LogP) is 4.68. The maximum absolute atomic E-state index is 11.8. The molecule has 0 radical (unpaired) electrons. The van der Waals surface area contributed by atoms with E-state index in [1.807, 2.05) is 25.1 Å². The largest absolute Gasteiger partial charge is 0.493 e. The molecule has 0 saturated carbocycles. The molecular formula is C20H32N2O3. The number of hydrogen-bond acceptors (Lipinski definition) is 4. The molecule has 0 bridgehead atoms. The van der Waals surface area contributed by atoms with E-state index in [9.17, 15) is 4.79 Å². The first kappa shape index (κ1) is 21.0. The van der Waals surface area contributed by atoms with E-state index in [-0.39, 0.29) is 5.91 Å². The van der Waals surface area contributed by atoms with Crippen LogP contribution in [-0.2, 0) is 4.79 Å². The molecule has 140 valence electrons. The molecule has 1 amide bonds. The molecule has 5 heteroatoms. The van der Waals surface area contributed by atoms with E-state index in [4.69, 9.17) is 9.47 Å². The number of hydrazone groups is 1. The minimum Gasteiger partial charge on any atom is -0.493 e. The summed E-state index contributed by atoms with van der Waals surface area (Å²) < 4.78 is 10.8. The lowest BCUT2D eigenvalue weighted by Gasteiger charge is -2.09. The van der Waals surface area contributed by atoms with Gasteiger partial charge in [0.25, 0.3) is 0 Å². The minimum absolute atomic E-state index is 0.0392. The fourth-order valence-electron chi connectivity index (χ4n) is 2.52. The summed E-state index contributed by atoms with van der Waals surface area (Å²) in [7, 11) is 1.60. The van der Waals surface area contributed by atoms with Gasteiger partial charge in [-0.25, -0.2) is 5.43 Å². The second-order valence-corrected chi connectivity index (χ2v) is 6.01. The monoisotopic (exact) mass is 348 g/mol. The highest BCUT2D eigenvalue weighted by atomic mass is 16.5. The summed E-state index contributed by atoms with van der Waals surface area (Å²) in [5, 5.41) is 4.01. The van der Waals surface area contributed by atoms with Gasteiger partial charge in [0.2, 0.25) is 5.91 Å². The topological polar surface area (TPSA) is 59.9 Å². The standard InChI is InChI=1S/C20H32N2O3/c1-4-6-7-8-9-10-11-12-20(23)22-21-16-17-13-14-18(25-5-2)19(15-17)24-3/h13-16H,4-12H2,1-3H3,(H,22,23). The number of nitrogens with zero attached hydrogens (tertiary/aromatic N) is 1. The molecule has 1 rings (SSSR count). The van der Waals surface area contributed by atoms with E-state index in [0.717, 1.165) is 18.4 Å². The Hall–Kier alpha value is -2.04. The van der Waals surface area contributed by atoms with Crippen LogP contribution >= 0.6 is 0 Å². The third-order valence-corrected chi connectivity index (χ3v) is 3.90. The average Bonchev–Trinajstić information content (AvgIpc) is 2.62. The van der Waals surface area contributed by atoms with Crippen LogP contribution in [0.3, 0.4) is 0 Å². The first-order valence-corrected chi connectivity index (χ1v) is 9.34. The third kappa shape index (κ3) is 9.13. The third-order valence-electron chi connectivity index (χ3n) is 3.90. The van der Waals surface area contributed by atoms with Crippen LogP contribution in [0.4, 0.5) is 0 Å². The van der Waals surface area contributed by atoms with Gasteiger partial charge in [0.15, 0.2) is 11.5 Å². The predicted molar refractivity (Wildman–Crippen MR) is 103 cm³/mol. The molecule has 1 N–H and O–H groups in total. The minimum atomic E-state index is -0.0392. The fraction of sp³-hybridized carbons (Fsp3) is 0.600. The molecule has 0 saturated heterocycles. The van der Waals surface area contributed by atoms with Gasteiger partial charge in [0.1, 0.15) is 0 Å². The van der Waals surface area contributed by atoms with E-state index < -0.39 is 0 Å². The molecule has 0 aromatic heterocycles. The second kappa shape index (κ2) is 13.3. The molecule has 0 aliphatic rings. The summed E-state index contributed by atoms with van der Waals surface area (Å²) in [4.78, 5) is 11.8. The van der Waals surface area contributed by atoms with Crippen molar-refractivity contribution in [3.05, 3.63) is 23.8 Å². The molecule has 0 atom stereocenters. The van der Waals surface area contributed by atoms with Gasteiger partial charge in [-0.3, -0.25) is 4.79 Å². The van der Waals surface area contributed by atoms with Crippen molar-refractivity contribution in [2.75, 3.05) is 13.7 Å². The van der Waals surface area contributed by atoms with Gasteiger partial charge in [0, 0.05) is 6.42 Å². The molecule has 0 fully saturated rings. The molecule has 1 aromatic rings. The molecule has 0 aliphatic heterocycles. The lowest BCUT2D eigenvalue weighted by molar-refractivity contribution is -0.121. The van der Waals surface area contributed by atoms with Crippen molar-refractivity contribution in [3.63, 3.8) is 0 Å². The number of methoxy groups -OCH3 is 1. The maximum atomic E-state index is 11.8. The van der Waals surface area contributed by atoms with E-state index in [2.05, 4.69) is 17.5 Å². The Morgan fingerprint density at radius 1 is 1.08 bits per heavy atom. The summed E-state index contributed by atoms with van der Waals surface area (Å²) in [6.07, 6.45) is 10.5. The van der Waals surface area contributed by atoms with Crippen LogP contribution in [0.15, 0.2) is 23.3 Å². The van der Waals surface area contributed by atoms with Gasteiger partial charge >= 0.3 is 0 Å². The molecule has 1 aromatic carbocycles. The van der Waals surface area contributed by atoms with Crippen LogP contribution in [0.5, 0.6) is 11.5 Å². The SMILES string of the molecule is CCCCCCCCCC(=O)NN=Cc1ccc(OCC)c(OC)c1. The number of rotatable bonds is 13. The summed E-state index contributed by atoms with van der Waals surface area (Å²) in [6.45, 7) is 4.72. The van der Waals surface area contributed by atoms with Gasteiger partial charge in [-0.1, -0.05) is 45.4 Å². The molecule has 0 spiro atoms. The number of ether oxygens (including phenoxy) is 2. The number of benzene rings is 1. The van der Waals surface area contributed by atoms with Gasteiger partial charge in [-0.05, 0) is 37.1 Å². The van der Waals surface area contributed by atoms with E-state index in [1.165, 1.54) is 32.1 Å². The van der Waals surface area contributed by atoms with Crippen LogP contribution < -0.4 is 14.9 Å². The Bertz CT molecular complexity index is 530. The van der Waals surface area contributed by atoms with Crippen molar-refractivity contribution in [3.8, 4) is 11.5 Å². The van der Waals surface area contributed by atoms with Gasteiger partial charge in [0.05, 0.1) is 19.9 Å². The Labute approximate surface area is 151 Å². The van der Waals surface area contributed by atoms with Crippen molar-refractivity contribution < 1.29 is 14.3 Å². The number of nitrogens with one attached hydrogen (secondary N) is 1. The Morgan fingerprint density at radius 2 is 1.80 bits per heavy atom. The zero-order valence-corrected chi connectivity index (χ0v) is 15.8. The van der Waals surface area contributed by atoms with Crippen LogP contribution in [-0.4, -0.2) is 25.8 Å². The van der Waals surface area contributed by atoms with Crippen LogP contribution in [0.2, 0.25) is 0 Å². The molecule has 25 heavy (non-hydrogen) atoms. The van der Waals surface area contributed by atoms with Crippen molar-refractivity contribution in [2.45, 2.75) is 65.2 Å². The molecular weight excluding hydrogens is 316 g/mol. The molecule has 0 aliphatic carbocycles. The fourth-order valence-corrected chi connectivity index (χ4v) is 2.52. The quantitative estimate of drug-likeness (QED) is 0.320. The number of carbonyl (C=O) groups is 1. The van der Waals surface area contributed by atoms with Crippen molar-refractivity contribution in [1.82, 2.24) is 5.43 Å². The number of amides is 1. The number of carbonyl (C=O) groups excluding carboxylic acids is 1. The zero-order valence-electron chi connectivity index (χ0n) is 15.8. The van der Waals surface area contributed by atoms with Crippen LogP contribution in [0.25, 0.3) is 0 Å². The van der Waals surface area contributed by atoms with Crippen LogP contribution in [0.1, 0.15) is 70.8 Å². The highest BCUT2D eigenvalue weighted by Crippen LogP contribution is 2.27. The number of hydrogen-bond donors (Lipinski definition) is 1. The lowest BCUT2D eigenvalue weighted by Crippen LogP contribution is -2.16. The molecule has 5 nitrogen and oxygen atoms in total. The summed E-state index contributed by atoms with van der Waals surface area (Å²) in [6, 6.07) is 5.54. The Balaban J connectivity index is 2.28. The summed E-state index contributed by atoms with van der Waals surface area (Å²) >= 11 is 0. The Kier molecular flexibility index (Phi) is 11.2. The van der Waals surface area contributed by atoms with E-state index in [0.29, 0.717) is 24.5 Å². The van der Waals surface area contributed by atoms with Gasteiger partial charge in [-0.2, -0.15) is 5.10 Å².